The molecule has 3 heteroatoms. The largest absolute Gasteiger partial charge is 0.383 e. The van der Waals surface area contributed by atoms with Gasteiger partial charge in [-0.3, -0.25) is 0 Å². The molecule has 0 aromatic heterocycles. The Morgan fingerprint density at radius 1 is 1.43 bits per heavy atom. The van der Waals surface area contributed by atoms with E-state index in [9.17, 15) is 4.39 Å². The molecule has 0 aliphatic carbocycles. The van der Waals surface area contributed by atoms with Crippen LogP contribution in [0.25, 0.3) is 0 Å². The third-order valence-corrected chi connectivity index (χ3v) is 2.03. The highest BCUT2D eigenvalue weighted by Gasteiger charge is 1.99. The minimum atomic E-state index is -0.201. The number of rotatable bonds is 5. The second kappa shape index (κ2) is 5.60. The molecule has 0 radical (unpaired) electrons. The van der Waals surface area contributed by atoms with Crippen molar-refractivity contribution in [1.82, 2.24) is 0 Å². The standard InChI is InChI=1S/C11H17FN2/c1-9(13)5-4-8-14-11-7-3-2-6-10(11)12/h2-3,6-7,9,14H,4-5,8,13H2,1H3. The number of hydrogen-bond acceptors (Lipinski definition) is 2. The van der Waals surface area contributed by atoms with Crippen LogP contribution in [0.15, 0.2) is 24.3 Å². The third-order valence-electron chi connectivity index (χ3n) is 2.03. The van der Waals surface area contributed by atoms with Crippen molar-refractivity contribution in [2.24, 2.45) is 5.73 Å². The number of benzene rings is 1. The molecule has 0 heterocycles. The first kappa shape index (κ1) is 11.0. The summed E-state index contributed by atoms with van der Waals surface area (Å²) >= 11 is 0. The first-order valence-electron chi connectivity index (χ1n) is 4.94. The first-order chi connectivity index (χ1) is 6.70. The van der Waals surface area contributed by atoms with Crippen molar-refractivity contribution in [2.75, 3.05) is 11.9 Å². The van der Waals surface area contributed by atoms with Gasteiger partial charge in [-0.1, -0.05) is 12.1 Å². The molecule has 1 atom stereocenters. The molecule has 0 aliphatic heterocycles. The summed E-state index contributed by atoms with van der Waals surface area (Å²) in [7, 11) is 0. The van der Waals surface area contributed by atoms with Gasteiger partial charge in [0.25, 0.3) is 0 Å². The fourth-order valence-electron chi connectivity index (χ4n) is 1.25. The molecular formula is C11H17FN2. The number of hydrogen-bond donors (Lipinski definition) is 2. The Balaban J connectivity index is 2.28. The number of nitrogens with two attached hydrogens (primary N) is 1. The zero-order valence-corrected chi connectivity index (χ0v) is 8.46. The maximum absolute atomic E-state index is 13.1. The number of nitrogens with one attached hydrogen (secondary N) is 1. The van der Waals surface area contributed by atoms with Gasteiger partial charge in [0.1, 0.15) is 5.82 Å². The van der Waals surface area contributed by atoms with Crippen LogP contribution < -0.4 is 11.1 Å². The van der Waals surface area contributed by atoms with Gasteiger partial charge < -0.3 is 11.1 Å². The molecule has 0 saturated heterocycles. The van der Waals surface area contributed by atoms with E-state index in [-0.39, 0.29) is 11.9 Å². The van der Waals surface area contributed by atoms with Crippen LogP contribution in [0, 0.1) is 5.82 Å². The van der Waals surface area contributed by atoms with Crippen molar-refractivity contribution < 1.29 is 4.39 Å². The Morgan fingerprint density at radius 2 is 2.14 bits per heavy atom. The Kier molecular flexibility index (Phi) is 4.40. The molecule has 1 unspecified atom stereocenters. The monoisotopic (exact) mass is 196 g/mol. The average molecular weight is 196 g/mol. The molecule has 0 saturated carbocycles. The Bertz CT molecular complexity index is 274. The van der Waals surface area contributed by atoms with Crippen molar-refractivity contribution in [2.45, 2.75) is 25.8 Å². The van der Waals surface area contributed by atoms with Crippen molar-refractivity contribution in [3.05, 3.63) is 30.1 Å². The summed E-state index contributed by atoms with van der Waals surface area (Å²) in [6, 6.07) is 6.91. The molecule has 0 fully saturated rings. The van der Waals surface area contributed by atoms with Gasteiger partial charge in [-0.05, 0) is 31.9 Å². The van der Waals surface area contributed by atoms with E-state index in [0.717, 1.165) is 19.4 Å². The molecular weight excluding hydrogens is 179 g/mol. The Labute approximate surface area is 84.3 Å². The minimum Gasteiger partial charge on any atom is -0.383 e. The van der Waals surface area contributed by atoms with E-state index in [4.69, 9.17) is 5.73 Å². The topological polar surface area (TPSA) is 38.0 Å². The third kappa shape index (κ3) is 3.75. The van der Waals surface area contributed by atoms with E-state index in [1.54, 1.807) is 12.1 Å². The maximum Gasteiger partial charge on any atom is 0.146 e. The molecule has 2 nitrogen and oxygen atoms in total. The van der Waals surface area contributed by atoms with Crippen LogP contribution in [0.2, 0.25) is 0 Å². The van der Waals surface area contributed by atoms with Crippen molar-refractivity contribution in [3.63, 3.8) is 0 Å². The van der Waals surface area contributed by atoms with E-state index in [1.165, 1.54) is 6.07 Å². The van der Waals surface area contributed by atoms with Gasteiger partial charge in [0.15, 0.2) is 0 Å². The first-order valence-corrected chi connectivity index (χ1v) is 4.94. The van der Waals surface area contributed by atoms with E-state index in [0.29, 0.717) is 5.69 Å². The average Bonchev–Trinajstić information content (AvgIpc) is 2.15. The number of para-hydroxylation sites is 1. The molecule has 78 valence electrons. The second-order valence-corrected chi connectivity index (χ2v) is 3.53. The highest BCUT2D eigenvalue weighted by atomic mass is 19.1. The lowest BCUT2D eigenvalue weighted by molar-refractivity contribution is 0.621. The zero-order chi connectivity index (χ0) is 10.4. The lowest BCUT2D eigenvalue weighted by Crippen LogP contribution is -2.16. The predicted octanol–water partition coefficient (Wildman–Crippen LogP) is 2.37. The number of halogens is 1. The van der Waals surface area contributed by atoms with E-state index >= 15 is 0 Å². The van der Waals surface area contributed by atoms with Crippen LogP contribution in [0.4, 0.5) is 10.1 Å². The van der Waals surface area contributed by atoms with Gasteiger partial charge in [0, 0.05) is 12.6 Å². The molecule has 0 aliphatic rings. The molecule has 14 heavy (non-hydrogen) atoms. The van der Waals surface area contributed by atoms with Crippen LogP contribution in [0.5, 0.6) is 0 Å². The summed E-state index contributed by atoms with van der Waals surface area (Å²) < 4.78 is 13.1. The highest BCUT2D eigenvalue weighted by Crippen LogP contribution is 2.12. The minimum absolute atomic E-state index is 0.201. The summed E-state index contributed by atoms with van der Waals surface area (Å²) in [5.74, 6) is -0.201. The summed E-state index contributed by atoms with van der Waals surface area (Å²) in [6.45, 7) is 2.74. The lowest BCUT2D eigenvalue weighted by Gasteiger charge is -2.08. The Hall–Kier alpha value is -1.09. The van der Waals surface area contributed by atoms with Crippen molar-refractivity contribution in [1.29, 1.82) is 0 Å². The van der Waals surface area contributed by atoms with Crippen LogP contribution in [-0.2, 0) is 0 Å². The van der Waals surface area contributed by atoms with Gasteiger partial charge in [-0.15, -0.1) is 0 Å². The van der Waals surface area contributed by atoms with E-state index in [2.05, 4.69) is 5.32 Å². The summed E-state index contributed by atoms with van der Waals surface area (Å²) in [6.07, 6.45) is 1.92. The van der Waals surface area contributed by atoms with Crippen molar-refractivity contribution >= 4 is 5.69 Å². The molecule has 0 spiro atoms. The zero-order valence-electron chi connectivity index (χ0n) is 8.46. The van der Waals surface area contributed by atoms with Gasteiger partial charge in [0.05, 0.1) is 5.69 Å². The lowest BCUT2D eigenvalue weighted by atomic mass is 10.2. The van der Waals surface area contributed by atoms with Gasteiger partial charge >= 0.3 is 0 Å². The van der Waals surface area contributed by atoms with E-state index in [1.807, 2.05) is 13.0 Å². The molecule has 1 rings (SSSR count). The molecule has 1 aromatic carbocycles. The maximum atomic E-state index is 13.1. The van der Waals surface area contributed by atoms with E-state index < -0.39 is 0 Å². The smallest absolute Gasteiger partial charge is 0.146 e. The van der Waals surface area contributed by atoms with Crippen LogP contribution in [-0.4, -0.2) is 12.6 Å². The quantitative estimate of drug-likeness (QED) is 0.709. The van der Waals surface area contributed by atoms with Crippen LogP contribution in [0.3, 0.4) is 0 Å². The summed E-state index contributed by atoms with van der Waals surface area (Å²) in [5.41, 5.74) is 6.17. The highest BCUT2D eigenvalue weighted by molar-refractivity contribution is 5.44. The number of anilines is 1. The molecule has 0 amide bonds. The normalized spacial score (nSPS) is 12.5. The Morgan fingerprint density at radius 3 is 2.79 bits per heavy atom. The van der Waals surface area contributed by atoms with Crippen LogP contribution >= 0.6 is 0 Å². The fraction of sp³-hybridized carbons (Fsp3) is 0.455. The van der Waals surface area contributed by atoms with Crippen LogP contribution in [0.1, 0.15) is 19.8 Å². The van der Waals surface area contributed by atoms with Gasteiger partial charge in [0.2, 0.25) is 0 Å². The van der Waals surface area contributed by atoms with Gasteiger partial charge in [-0.25, -0.2) is 4.39 Å². The van der Waals surface area contributed by atoms with Gasteiger partial charge in [-0.2, -0.15) is 0 Å². The molecule has 1 aromatic rings. The second-order valence-electron chi connectivity index (χ2n) is 3.53. The molecule has 0 bridgehead atoms. The predicted molar refractivity (Wildman–Crippen MR) is 57.8 cm³/mol. The molecule has 3 N–H and O–H groups in total. The van der Waals surface area contributed by atoms with Crippen molar-refractivity contribution in [3.8, 4) is 0 Å². The fourth-order valence-corrected chi connectivity index (χ4v) is 1.25. The summed E-state index contributed by atoms with van der Waals surface area (Å²) in [4.78, 5) is 0. The SMILES string of the molecule is CC(N)CCCNc1ccccc1F. The summed E-state index contributed by atoms with van der Waals surface area (Å²) in [5, 5.41) is 3.04.